The van der Waals surface area contributed by atoms with Crippen molar-refractivity contribution in [2.75, 3.05) is 12.8 Å². The second kappa shape index (κ2) is 7.21. The van der Waals surface area contributed by atoms with Gasteiger partial charge in [0.1, 0.15) is 22.7 Å². The minimum Gasteiger partial charge on any atom is -0.497 e. The monoisotopic (exact) mass is 398 g/mol. The van der Waals surface area contributed by atoms with Gasteiger partial charge in [0.2, 0.25) is 5.89 Å². The molecule has 0 fully saturated rings. The van der Waals surface area contributed by atoms with Crippen molar-refractivity contribution in [3.63, 3.8) is 0 Å². The van der Waals surface area contributed by atoms with Crippen molar-refractivity contribution in [1.82, 2.24) is 15.0 Å². The quantitative estimate of drug-likeness (QED) is 0.380. The van der Waals surface area contributed by atoms with Gasteiger partial charge < -0.3 is 14.9 Å². The van der Waals surface area contributed by atoms with Gasteiger partial charge in [0.15, 0.2) is 5.16 Å². The maximum Gasteiger partial charge on any atom is 0.226 e. The summed E-state index contributed by atoms with van der Waals surface area (Å²) >= 11 is 3.14. The number of aromatic nitrogens is 3. The van der Waals surface area contributed by atoms with Gasteiger partial charge in [-0.2, -0.15) is 0 Å². The van der Waals surface area contributed by atoms with Gasteiger partial charge in [0.05, 0.1) is 18.2 Å². The molecular weight excluding hydrogens is 380 g/mol. The van der Waals surface area contributed by atoms with Crippen LogP contribution in [0.15, 0.2) is 40.1 Å². The highest BCUT2D eigenvalue weighted by molar-refractivity contribution is 7.98. The fourth-order valence-electron chi connectivity index (χ4n) is 2.70. The predicted octanol–water partition coefficient (Wildman–Crippen LogP) is 4.85. The van der Waals surface area contributed by atoms with Crippen LogP contribution in [0.25, 0.3) is 21.7 Å². The van der Waals surface area contributed by atoms with E-state index < -0.39 is 0 Å². The smallest absolute Gasteiger partial charge is 0.226 e. The molecule has 0 saturated heterocycles. The highest BCUT2D eigenvalue weighted by Gasteiger charge is 2.14. The number of thiophene rings is 1. The van der Waals surface area contributed by atoms with Crippen molar-refractivity contribution in [1.29, 1.82) is 0 Å². The number of anilines is 1. The number of aryl methyl sites for hydroxylation is 2. The van der Waals surface area contributed by atoms with Gasteiger partial charge in [-0.3, -0.25) is 0 Å². The number of nitrogens with zero attached hydrogens (tertiary/aromatic N) is 3. The van der Waals surface area contributed by atoms with Gasteiger partial charge in [0.25, 0.3) is 0 Å². The van der Waals surface area contributed by atoms with E-state index in [2.05, 4.69) is 28.8 Å². The van der Waals surface area contributed by atoms with E-state index in [1.807, 2.05) is 24.3 Å². The lowest BCUT2D eigenvalue weighted by molar-refractivity contribution is 0.415. The van der Waals surface area contributed by atoms with Crippen molar-refractivity contribution < 1.29 is 9.15 Å². The number of hydrogen-bond acceptors (Lipinski definition) is 8. The lowest BCUT2D eigenvalue weighted by Crippen LogP contribution is -1.96. The Morgan fingerprint density at radius 1 is 1.15 bits per heavy atom. The Hall–Kier alpha value is -2.58. The molecule has 4 rings (SSSR count). The minimum absolute atomic E-state index is 0.531. The minimum atomic E-state index is 0.531. The summed E-state index contributed by atoms with van der Waals surface area (Å²) in [5, 5.41) is 1.61. The number of benzene rings is 1. The third kappa shape index (κ3) is 3.50. The fraction of sp³-hybridized carbons (Fsp3) is 0.211. The summed E-state index contributed by atoms with van der Waals surface area (Å²) in [4.78, 5) is 15.8. The molecule has 27 heavy (non-hydrogen) atoms. The molecule has 6 nitrogen and oxygen atoms in total. The van der Waals surface area contributed by atoms with Crippen LogP contribution >= 0.6 is 23.1 Å². The number of oxazole rings is 1. The molecule has 0 unspecified atom stereocenters. The standard InChI is InChI=1S/C19H18N4O2S2/c1-10-11(2)27-18-15(10)16(20)22-19(23-18)26-9-13-8-25-17(21-13)12-4-6-14(24-3)7-5-12/h4-8H,9H2,1-3H3,(H2,20,22,23). The second-order valence-corrected chi connectivity index (χ2v) is 8.16. The van der Waals surface area contributed by atoms with E-state index in [0.29, 0.717) is 22.6 Å². The number of fused-ring (bicyclic) bond motifs is 1. The molecular formula is C19H18N4O2S2. The van der Waals surface area contributed by atoms with Crippen molar-refractivity contribution in [3.8, 4) is 17.2 Å². The number of ether oxygens (including phenoxy) is 1. The molecule has 3 heterocycles. The van der Waals surface area contributed by atoms with Crippen LogP contribution in [0.5, 0.6) is 5.75 Å². The first-order chi connectivity index (χ1) is 13.0. The summed E-state index contributed by atoms with van der Waals surface area (Å²) in [5.74, 6) is 2.51. The van der Waals surface area contributed by atoms with Crippen LogP contribution in [0.1, 0.15) is 16.1 Å². The van der Waals surface area contributed by atoms with Crippen molar-refractivity contribution >= 4 is 39.1 Å². The van der Waals surface area contributed by atoms with E-state index >= 15 is 0 Å². The maximum atomic E-state index is 6.14. The number of methoxy groups -OCH3 is 1. The molecule has 0 aliphatic heterocycles. The molecule has 0 radical (unpaired) electrons. The third-order valence-corrected chi connectivity index (χ3v) is 6.26. The highest BCUT2D eigenvalue weighted by Crippen LogP contribution is 2.34. The molecule has 2 N–H and O–H groups in total. The average molecular weight is 399 g/mol. The Bertz CT molecular complexity index is 1100. The van der Waals surface area contributed by atoms with Gasteiger partial charge in [0, 0.05) is 16.2 Å². The van der Waals surface area contributed by atoms with Crippen molar-refractivity contribution in [2.45, 2.75) is 24.8 Å². The lowest BCUT2D eigenvalue weighted by atomic mass is 10.2. The van der Waals surface area contributed by atoms with Gasteiger partial charge in [-0.1, -0.05) is 11.8 Å². The van der Waals surface area contributed by atoms with Gasteiger partial charge in [-0.15, -0.1) is 11.3 Å². The molecule has 0 saturated carbocycles. The average Bonchev–Trinajstić information content (AvgIpc) is 3.25. The van der Waals surface area contributed by atoms with Crippen LogP contribution in [-0.4, -0.2) is 22.1 Å². The number of nitrogen functional groups attached to an aromatic ring is 1. The fourth-order valence-corrected chi connectivity index (χ4v) is 4.53. The van der Waals surface area contributed by atoms with Crippen LogP contribution in [0.2, 0.25) is 0 Å². The molecule has 0 bridgehead atoms. The zero-order valence-electron chi connectivity index (χ0n) is 15.1. The second-order valence-electron chi connectivity index (χ2n) is 6.02. The Labute approximate surface area is 164 Å². The summed E-state index contributed by atoms with van der Waals surface area (Å²) in [6.45, 7) is 4.13. The van der Waals surface area contributed by atoms with Crippen LogP contribution in [0, 0.1) is 13.8 Å². The molecule has 0 aliphatic rings. The van der Waals surface area contributed by atoms with E-state index in [4.69, 9.17) is 14.9 Å². The van der Waals surface area contributed by atoms with Crippen molar-refractivity contribution in [3.05, 3.63) is 46.7 Å². The van der Waals surface area contributed by atoms with E-state index in [0.717, 1.165) is 32.8 Å². The van der Waals surface area contributed by atoms with Crippen LogP contribution in [-0.2, 0) is 5.75 Å². The zero-order valence-corrected chi connectivity index (χ0v) is 16.8. The molecule has 1 aromatic carbocycles. The largest absolute Gasteiger partial charge is 0.497 e. The molecule has 8 heteroatoms. The lowest BCUT2D eigenvalue weighted by Gasteiger charge is -2.02. The van der Waals surface area contributed by atoms with Gasteiger partial charge in [-0.05, 0) is 43.7 Å². The summed E-state index contributed by atoms with van der Waals surface area (Å²) in [6.07, 6.45) is 1.66. The van der Waals surface area contributed by atoms with E-state index in [1.165, 1.54) is 16.6 Å². The summed E-state index contributed by atoms with van der Waals surface area (Å²) < 4.78 is 10.8. The normalized spacial score (nSPS) is 11.2. The SMILES string of the molecule is COc1ccc(-c2nc(CSc3nc(N)c4c(C)c(C)sc4n3)co2)cc1. The number of hydrogen-bond donors (Lipinski definition) is 1. The first-order valence-electron chi connectivity index (χ1n) is 8.30. The number of nitrogens with two attached hydrogens (primary N) is 1. The Morgan fingerprint density at radius 3 is 2.67 bits per heavy atom. The van der Waals surface area contributed by atoms with Gasteiger partial charge in [-0.25, -0.2) is 15.0 Å². The molecule has 138 valence electrons. The highest BCUT2D eigenvalue weighted by atomic mass is 32.2. The topological polar surface area (TPSA) is 87.1 Å². The molecule has 0 amide bonds. The Balaban J connectivity index is 1.50. The molecule has 3 aromatic heterocycles. The predicted molar refractivity (Wildman–Crippen MR) is 109 cm³/mol. The van der Waals surface area contributed by atoms with E-state index in [1.54, 1.807) is 24.7 Å². The third-order valence-electron chi connectivity index (χ3n) is 4.27. The number of thioether (sulfide) groups is 1. The van der Waals surface area contributed by atoms with Crippen LogP contribution in [0.4, 0.5) is 5.82 Å². The Morgan fingerprint density at radius 2 is 1.93 bits per heavy atom. The molecule has 0 atom stereocenters. The molecule has 0 spiro atoms. The van der Waals surface area contributed by atoms with E-state index in [9.17, 15) is 0 Å². The first kappa shape index (κ1) is 17.8. The molecule has 4 aromatic rings. The summed E-state index contributed by atoms with van der Waals surface area (Å²) in [5.41, 5.74) is 9.03. The van der Waals surface area contributed by atoms with Crippen LogP contribution < -0.4 is 10.5 Å². The summed E-state index contributed by atoms with van der Waals surface area (Å²) in [6, 6.07) is 7.59. The van der Waals surface area contributed by atoms with Crippen LogP contribution in [0.3, 0.4) is 0 Å². The summed E-state index contributed by atoms with van der Waals surface area (Å²) in [7, 11) is 1.64. The van der Waals surface area contributed by atoms with Gasteiger partial charge >= 0.3 is 0 Å². The maximum absolute atomic E-state index is 6.14. The molecule has 0 aliphatic carbocycles. The Kier molecular flexibility index (Phi) is 4.75. The first-order valence-corrected chi connectivity index (χ1v) is 10.1. The zero-order chi connectivity index (χ0) is 19.0. The van der Waals surface area contributed by atoms with E-state index in [-0.39, 0.29) is 0 Å². The van der Waals surface area contributed by atoms with Crippen molar-refractivity contribution in [2.24, 2.45) is 0 Å². The number of rotatable bonds is 5.